The molecule has 7 nitrogen and oxygen atoms in total. The average Bonchev–Trinajstić information content (AvgIpc) is 3.06. The third-order valence-corrected chi connectivity index (χ3v) is 3.96. The molecule has 1 atom stereocenters. The number of aliphatic carboxylic acids is 1. The third-order valence-electron chi connectivity index (χ3n) is 3.04. The molecule has 0 aromatic heterocycles. The van der Waals surface area contributed by atoms with E-state index in [9.17, 15) is 18.0 Å². The molecule has 2 N–H and O–H groups in total. The molecule has 0 spiro atoms. The molecule has 19 heavy (non-hydrogen) atoms. The molecule has 0 aliphatic heterocycles. The lowest BCUT2D eigenvalue weighted by Gasteiger charge is -2.22. The molecule has 8 heteroatoms. The largest absolute Gasteiger partial charge is 0.481 e. The Morgan fingerprint density at radius 1 is 1.42 bits per heavy atom. The fraction of sp³-hybridized carbons (Fsp3) is 0.818. The molecule has 0 saturated heterocycles. The fourth-order valence-electron chi connectivity index (χ4n) is 1.70. The van der Waals surface area contributed by atoms with Crippen molar-refractivity contribution in [2.75, 3.05) is 25.6 Å². The van der Waals surface area contributed by atoms with Gasteiger partial charge in [-0.15, -0.1) is 0 Å². The molecule has 0 radical (unpaired) electrons. The first-order chi connectivity index (χ1) is 8.69. The number of hydrogen-bond acceptors (Lipinski definition) is 4. The second kappa shape index (κ2) is 6.23. The van der Waals surface area contributed by atoms with Gasteiger partial charge < -0.3 is 15.3 Å². The van der Waals surface area contributed by atoms with Crippen molar-refractivity contribution >= 4 is 21.8 Å². The second-order valence-corrected chi connectivity index (χ2v) is 7.30. The molecule has 0 heterocycles. The molecular formula is C11H20N2O5S. The summed E-state index contributed by atoms with van der Waals surface area (Å²) >= 11 is 0. The monoisotopic (exact) mass is 292 g/mol. The van der Waals surface area contributed by atoms with Crippen molar-refractivity contribution in [3.8, 4) is 0 Å². The second-order valence-electron chi connectivity index (χ2n) is 5.04. The van der Waals surface area contributed by atoms with E-state index in [4.69, 9.17) is 5.11 Å². The van der Waals surface area contributed by atoms with Crippen LogP contribution >= 0.6 is 0 Å². The lowest BCUT2D eigenvalue weighted by Crippen LogP contribution is -2.46. The Morgan fingerprint density at radius 3 is 2.42 bits per heavy atom. The molecule has 1 unspecified atom stereocenters. The quantitative estimate of drug-likeness (QED) is 0.683. The molecule has 0 aromatic rings. The number of carbonyl (C=O) groups excluding carboxylic acids is 1. The van der Waals surface area contributed by atoms with Gasteiger partial charge in [0.25, 0.3) is 0 Å². The first kappa shape index (κ1) is 15.7. The number of nitrogens with one attached hydrogen (secondary N) is 1. The predicted molar refractivity (Wildman–Crippen MR) is 69.6 cm³/mol. The minimum absolute atomic E-state index is 0.0924. The summed E-state index contributed by atoms with van der Waals surface area (Å²) in [5, 5.41) is 11.4. The van der Waals surface area contributed by atoms with Crippen LogP contribution in [0.2, 0.25) is 0 Å². The number of amides is 2. The van der Waals surface area contributed by atoms with Crippen LogP contribution in [0.25, 0.3) is 0 Å². The number of carboxylic acids is 1. The van der Waals surface area contributed by atoms with Gasteiger partial charge in [0.15, 0.2) is 0 Å². The highest BCUT2D eigenvalue weighted by Gasteiger charge is 2.34. The first-order valence-electron chi connectivity index (χ1n) is 6.10. The third kappa shape index (κ3) is 6.42. The molecule has 0 bridgehead atoms. The van der Waals surface area contributed by atoms with Crippen LogP contribution in [0.5, 0.6) is 0 Å². The Bertz CT molecular complexity index is 444. The molecule has 1 rings (SSSR count). The van der Waals surface area contributed by atoms with E-state index in [-0.39, 0.29) is 30.7 Å². The SMILES string of the molecule is CN(CCS(C)(=O)=O)C(=O)NC(CC(=O)O)C1CC1. The van der Waals surface area contributed by atoms with Crippen LogP contribution in [0, 0.1) is 5.92 Å². The van der Waals surface area contributed by atoms with Crippen molar-refractivity contribution in [1.82, 2.24) is 10.2 Å². The molecule has 0 aromatic carbocycles. The van der Waals surface area contributed by atoms with Crippen LogP contribution in [-0.4, -0.2) is 62.1 Å². The van der Waals surface area contributed by atoms with Crippen molar-refractivity contribution in [2.24, 2.45) is 5.92 Å². The van der Waals surface area contributed by atoms with Crippen molar-refractivity contribution in [3.05, 3.63) is 0 Å². The summed E-state index contributed by atoms with van der Waals surface area (Å²) in [7, 11) is -1.63. The summed E-state index contributed by atoms with van der Waals surface area (Å²) in [5.41, 5.74) is 0. The molecule has 1 saturated carbocycles. The van der Waals surface area contributed by atoms with Gasteiger partial charge in [-0.3, -0.25) is 4.79 Å². The highest BCUT2D eigenvalue weighted by Crippen LogP contribution is 2.34. The lowest BCUT2D eigenvalue weighted by atomic mass is 10.1. The van der Waals surface area contributed by atoms with Crippen molar-refractivity contribution in [2.45, 2.75) is 25.3 Å². The van der Waals surface area contributed by atoms with E-state index in [1.807, 2.05) is 0 Å². The van der Waals surface area contributed by atoms with Gasteiger partial charge in [0, 0.05) is 25.9 Å². The zero-order valence-electron chi connectivity index (χ0n) is 11.1. The van der Waals surface area contributed by atoms with Gasteiger partial charge in [0.1, 0.15) is 9.84 Å². The summed E-state index contributed by atoms with van der Waals surface area (Å²) in [5.74, 6) is -0.830. The average molecular weight is 292 g/mol. The minimum atomic E-state index is -3.12. The topological polar surface area (TPSA) is 104 Å². The van der Waals surface area contributed by atoms with Crippen molar-refractivity contribution in [3.63, 3.8) is 0 Å². The van der Waals surface area contributed by atoms with Gasteiger partial charge in [-0.25, -0.2) is 13.2 Å². The molecule has 1 aliphatic carbocycles. The summed E-state index contributed by atoms with van der Waals surface area (Å²) < 4.78 is 22.0. The summed E-state index contributed by atoms with van der Waals surface area (Å²) in [6.45, 7) is 0.0924. The summed E-state index contributed by atoms with van der Waals surface area (Å²) in [6.07, 6.45) is 2.85. The Morgan fingerprint density at radius 2 is 2.00 bits per heavy atom. The molecule has 2 amide bonds. The maximum atomic E-state index is 11.8. The van der Waals surface area contributed by atoms with E-state index < -0.39 is 21.8 Å². The van der Waals surface area contributed by atoms with Crippen LogP contribution in [-0.2, 0) is 14.6 Å². The molecule has 1 fully saturated rings. The predicted octanol–water partition coefficient (Wildman–Crippen LogP) is -0.0743. The van der Waals surface area contributed by atoms with E-state index in [2.05, 4.69) is 5.32 Å². The number of urea groups is 1. The summed E-state index contributed by atoms with van der Waals surface area (Å²) in [6, 6.07) is -0.799. The van der Waals surface area contributed by atoms with E-state index >= 15 is 0 Å². The zero-order valence-corrected chi connectivity index (χ0v) is 11.9. The maximum absolute atomic E-state index is 11.8. The number of hydrogen-bond donors (Lipinski definition) is 2. The van der Waals surface area contributed by atoms with E-state index in [1.54, 1.807) is 0 Å². The smallest absolute Gasteiger partial charge is 0.317 e. The Kier molecular flexibility index (Phi) is 5.16. The van der Waals surface area contributed by atoms with Crippen LogP contribution in [0.4, 0.5) is 4.79 Å². The molecule has 1 aliphatic rings. The highest BCUT2D eigenvalue weighted by molar-refractivity contribution is 7.90. The van der Waals surface area contributed by atoms with Crippen molar-refractivity contribution < 1.29 is 23.1 Å². The zero-order chi connectivity index (χ0) is 14.6. The van der Waals surface area contributed by atoms with Crippen LogP contribution in [0.1, 0.15) is 19.3 Å². The normalized spacial score (nSPS) is 16.7. The number of nitrogens with zero attached hydrogens (tertiary/aromatic N) is 1. The fourth-order valence-corrected chi connectivity index (χ4v) is 2.30. The van der Waals surface area contributed by atoms with E-state index in [0.29, 0.717) is 0 Å². The van der Waals surface area contributed by atoms with Gasteiger partial charge in [-0.2, -0.15) is 0 Å². The number of carbonyl (C=O) groups is 2. The van der Waals surface area contributed by atoms with Gasteiger partial charge in [-0.1, -0.05) is 0 Å². The van der Waals surface area contributed by atoms with Gasteiger partial charge in [-0.05, 0) is 18.8 Å². The van der Waals surface area contributed by atoms with Crippen LogP contribution < -0.4 is 5.32 Å². The van der Waals surface area contributed by atoms with Crippen molar-refractivity contribution in [1.29, 1.82) is 0 Å². The van der Waals surface area contributed by atoms with E-state index in [0.717, 1.165) is 19.1 Å². The minimum Gasteiger partial charge on any atom is -0.481 e. The molecule has 110 valence electrons. The van der Waals surface area contributed by atoms with Gasteiger partial charge in [0.05, 0.1) is 12.2 Å². The first-order valence-corrected chi connectivity index (χ1v) is 8.16. The Hall–Kier alpha value is -1.31. The maximum Gasteiger partial charge on any atom is 0.317 e. The highest BCUT2D eigenvalue weighted by atomic mass is 32.2. The van der Waals surface area contributed by atoms with E-state index in [1.165, 1.54) is 11.9 Å². The lowest BCUT2D eigenvalue weighted by molar-refractivity contribution is -0.137. The van der Waals surface area contributed by atoms with Gasteiger partial charge >= 0.3 is 12.0 Å². The standard InChI is InChI=1S/C11H20N2O5S/c1-13(5-6-19(2,17)18)11(16)12-9(7-10(14)15)8-3-4-8/h8-9H,3-7H2,1-2H3,(H,12,16)(H,14,15). The molecular weight excluding hydrogens is 272 g/mol. The van der Waals surface area contributed by atoms with Crippen LogP contribution in [0.3, 0.4) is 0 Å². The Labute approximate surface area is 112 Å². The number of carboxylic acid groups (broad SMARTS) is 1. The number of rotatable bonds is 7. The van der Waals surface area contributed by atoms with Crippen LogP contribution in [0.15, 0.2) is 0 Å². The van der Waals surface area contributed by atoms with Gasteiger partial charge in [0.2, 0.25) is 0 Å². The summed E-state index contributed by atoms with van der Waals surface area (Å²) in [4.78, 5) is 23.8. The number of sulfone groups is 1. The Balaban J connectivity index is 2.44.